The molecule has 4 nitrogen and oxygen atoms in total. The number of fused-ring (bicyclic) bond motifs is 1. The van der Waals surface area contributed by atoms with Gasteiger partial charge in [0.15, 0.2) is 0 Å². The summed E-state index contributed by atoms with van der Waals surface area (Å²) in [6.07, 6.45) is 3.56. The lowest BCUT2D eigenvalue weighted by Crippen LogP contribution is -1.97. The second-order valence-corrected chi connectivity index (χ2v) is 4.16. The van der Waals surface area contributed by atoms with Crippen molar-refractivity contribution in [2.24, 2.45) is 0 Å². The monoisotopic (exact) mass is 238 g/mol. The Morgan fingerprint density at radius 1 is 1.17 bits per heavy atom. The largest absolute Gasteiger partial charge is 0.399 e. The lowest BCUT2D eigenvalue weighted by atomic mass is 10.2. The van der Waals surface area contributed by atoms with Crippen LogP contribution in [-0.2, 0) is 6.54 Å². The van der Waals surface area contributed by atoms with Crippen LogP contribution >= 0.6 is 0 Å². The first-order valence-electron chi connectivity index (χ1n) is 5.95. The normalized spacial score (nSPS) is 10.9. The van der Waals surface area contributed by atoms with E-state index in [9.17, 15) is 0 Å². The molecule has 0 aliphatic heterocycles. The highest BCUT2D eigenvalue weighted by molar-refractivity contribution is 5.83. The highest BCUT2D eigenvalue weighted by Gasteiger charge is 2.11. The van der Waals surface area contributed by atoms with Gasteiger partial charge in [0, 0.05) is 30.2 Å². The van der Waals surface area contributed by atoms with Crippen molar-refractivity contribution in [3.05, 3.63) is 42.7 Å². The topological polar surface area (TPSA) is 56.7 Å². The number of aryl methyl sites for hydroxylation is 1. The summed E-state index contributed by atoms with van der Waals surface area (Å²) in [7, 11) is 0. The van der Waals surface area contributed by atoms with E-state index in [1.54, 1.807) is 12.4 Å². The van der Waals surface area contributed by atoms with Gasteiger partial charge in [-0.05, 0) is 37.3 Å². The van der Waals surface area contributed by atoms with Crippen molar-refractivity contribution in [1.29, 1.82) is 0 Å². The number of anilines is 1. The third-order valence-electron chi connectivity index (χ3n) is 3.03. The summed E-state index contributed by atoms with van der Waals surface area (Å²) < 4.78 is 2.18. The van der Waals surface area contributed by atoms with Crippen LogP contribution in [0.5, 0.6) is 0 Å². The van der Waals surface area contributed by atoms with Gasteiger partial charge in [-0.15, -0.1) is 0 Å². The highest BCUT2D eigenvalue weighted by Crippen LogP contribution is 2.25. The van der Waals surface area contributed by atoms with Crippen molar-refractivity contribution in [1.82, 2.24) is 14.5 Å². The Bertz CT molecular complexity index is 686. The van der Waals surface area contributed by atoms with E-state index >= 15 is 0 Å². The lowest BCUT2D eigenvalue weighted by molar-refractivity contribution is 0.796. The maximum absolute atomic E-state index is 5.80. The molecule has 18 heavy (non-hydrogen) atoms. The molecule has 0 spiro atoms. The van der Waals surface area contributed by atoms with Crippen molar-refractivity contribution < 1.29 is 0 Å². The average Bonchev–Trinajstić information content (AvgIpc) is 2.77. The van der Waals surface area contributed by atoms with E-state index < -0.39 is 0 Å². The van der Waals surface area contributed by atoms with Crippen molar-refractivity contribution in [3.8, 4) is 11.4 Å². The van der Waals surface area contributed by atoms with Crippen LogP contribution in [0.1, 0.15) is 6.92 Å². The number of nitrogens with zero attached hydrogens (tertiary/aromatic N) is 3. The number of nitrogens with two attached hydrogens (primary N) is 1. The molecular weight excluding hydrogens is 224 g/mol. The first kappa shape index (κ1) is 10.8. The number of imidazole rings is 1. The van der Waals surface area contributed by atoms with Gasteiger partial charge < -0.3 is 10.3 Å². The number of aromatic nitrogens is 3. The number of rotatable bonds is 2. The molecule has 0 fully saturated rings. The van der Waals surface area contributed by atoms with Crippen LogP contribution in [0.2, 0.25) is 0 Å². The highest BCUT2D eigenvalue weighted by atomic mass is 15.1. The minimum Gasteiger partial charge on any atom is -0.399 e. The quantitative estimate of drug-likeness (QED) is 0.698. The first-order valence-corrected chi connectivity index (χ1v) is 5.95. The van der Waals surface area contributed by atoms with E-state index in [1.807, 2.05) is 30.3 Å². The third-order valence-corrected chi connectivity index (χ3v) is 3.03. The summed E-state index contributed by atoms with van der Waals surface area (Å²) in [4.78, 5) is 8.71. The van der Waals surface area contributed by atoms with E-state index in [-0.39, 0.29) is 0 Å². The fourth-order valence-electron chi connectivity index (χ4n) is 2.19. The molecule has 0 aliphatic rings. The SMILES string of the molecule is CCn1c(-c2ccncc2)nc2cc(N)ccc21. The zero-order chi connectivity index (χ0) is 12.5. The minimum absolute atomic E-state index is 0.740. The molecule has 90 valence electrons. The van der Waals surface area contributed by atoms with Crippen molar-refractivity contribution in [2.45, 2.75) is 13.5 Å². The van der Waals surface area contributed by atoms with Gasteiger partial charge >= 0.3 is 0 Å². The molecule has 0 atom stereocenters. The molecule has 0 aliphatic carbocycles. The van der Waals surface area contributed by atoms with Crippen molar-refractivity contribution in [2.75, 3.05) is 5.73 Å². The second kappa shape index (κ2) is 4.14. The lowest BCUT2D eigenvalue weighted by Gasteiger charge is -2.05. The predicted molar refractivity (Wildman–Crippen MR) is 73.1 cm³/mol. The molecule has 0 saturated carbocycles. The number of pyridine rings is 1. The minimum atomic E-state index is 0.740. The van der Waals surface area contributed by atoms with Gasteiger partial charge in [0.1, 0.15) is 5.82 Å². The Hall–Kier alpha value is -2.36. The number of benzene rings is 1. The Morgan fingerprint density at radius 2 is 1.94 bits per heavy atom. The molecule has 0 unspecified atom stereocenters. The van der Waals surface area contributed by atoms with E-state index in [0.29, 0.717) is 0 Å². The number of nitrogen functional groups attached to an aromatic ring is 1. The molecule has 0 radical (unpaired) electrons. The maximum atomic E-state index is 5.80. The van der Waals surface area contributed by atoms with Crippen molar-refractivity contribution in [3.63, 3.8) is 0 Å². The van der Waals surface area contributed by atoms with Gasteiger partial charge in [-0.2, -0.15) is 0 Å². The van der Waals surface area contributed by atoms with Crippen LogP contribution in [0, 0.1) is 0 Å². The smallest absolute Gasteiger partial charge is 0.141 e. The van der Waals surface area contributed by atoms with E-state index in [2.05, 4.69) is 21.5 Å². The zero-order valence-corrected chi connectivity index (χ0v) is 10.2. The molecule has 4 heteroatoms. The van der Waals surface area contributed by atoms with Crippen LogP contribution in [-0.4, -0.2) is 14.5 Å². The summed E-state index contributed by atoms with van der Waals surface area (Å²) in [5.74, 6) is 0.959. The Morgan fingerprint density at radius 3 is 2.67 bits per heavy atom. The maximum Gasteiger partial charge on any atom is 0.141 e. The Kier molecular flexibility index (Phi) is 2.48. The summed E-state index contributed by atoms with van der Waals surface area (Å²) in [5.41, 5.74) is 9.66. The standard InChI is InChI=1S/C14H14N4/c1-2-18-13-4-3-11(15)9-12(13)17-14(18)10-5-7-16-8-6-10/h3-9H,2,15H2,1H3. The number of hydrogen-bond donors (Lipinski definition) is 1. The van der Waals surface area contributed by atoms with Gasteiger partial charge in [-0.3, -0.25) is 4.98 Å². The zero-order valence-electron chi connectivity index (χ0n) is 10.2. The molecule has 2 N–H and O–H groups in total. The van der Waals surface area contributed by atoms with E-state index in [1.165, 1.54) is 0 Å². The van der Waals surface area contributed by atoms with Gasteiger partial charge in [0.25, 0.3) is 0 Å². The summed E-state index contributed by atoms with van der Waals surface area (Å²) in [6, 6.07) is 9.78. The molecule has 3 rings (SSSR count). The fraction of sp³-hybridized carbons (Fsp3) is 0.143. The first-order chi connectivity index (χ1) is 8.79. The number of hydrogen-bond acceptors (Lipinski definition) is 3. The second-order valence-electron chi connectivity index (χ2n) is 4.16. The summed E-state index contributed by atoms with van der Waals surface area (Å²) in [5, 5.41) is 0. The fourth-order valence-corrected chi connectivity index (χ4v) is 2.19. The molecule has 0 saturated heterocycles. The van der Waals surface area contributed by atoms with Crippen LogP contribution < -0.4 is 5.73 Å². The molecule has 3 aromatic rings. The molecule has 2 heterocycles. The van der Waals surface area contributed by atoms with Gasteiger partial charge in [-0.25, -0.2) is 4.98 Å². The van der Waals surface area contributed by atoms with E-state index in [0.717, 1.165) is 34.7 Å². The average molecular weight is 238 g/mol. The predicted octanol–water partition coefficient (Wildman–Crippen LogP) is 2.70. The third kappa shape index (κ3) is 1.62. The molecule has 0 bridgehead atoms. The molecule has 1 aromatic carbocycles. The Labute approximate surface area is 105 Å². The summed E-state index contributed by atoms with van der Waals surface area (Å²) >= 11 is 0. The Balaban J connectivity index is 2.29. The molecular formula is C14H14N4. The van der Waals surface area contributed by atoms with Gasteiger partial charge in [0.05, 0.1) is 11.0 Å². The summed E-state index contributed by atoms with van der Waals surface area (Å²) in [6.45, 7) is 2.99. The molecule has 0 amide bonds. The molecule has 2 aromatic heterocycles. The van der Waals surface area contributed by atoms with Gasteiger partial charge in [0.2, 0.25) is 0 Å². The van der Waals surface area contributed by atoms with Crippen LogP contribution in [0.4, 0.5) is 5.69 Å². The van der Waals surface area contributed by atoms with Crippen LogP contribution in [0.15, 0.2) is 42.7 Å². The van der Waals surface area contributed by atoms with E-state index in [4.69, 9.17) is 5.73 Å². The van der Waals surface area contributed by atoms with Crippen molar-refractivity contribution >= 4 is 16.7 Å². The van der Waals surface area contributed by atoms with Gasteiger partial charge in [-0.1, -0.05) is 0 Å². The van der Waals surface area contributed by atoms with Crippen LogP contribution in [0.3, 0.4) is 0 Å². The van der Waals surface area contributed by atoms with Crippen LogP contribution in [0.25, 0.3) is 22.4 Å².